The van der Waals surface area contributed by atoms with Gasteiger partial charge in [-0.05, 0) is 65.6 Å². The number of benzene rings is 2. The molecule has 4 rings (SSSR count). The Morgan fingerprint density at radius 3 is 2.42 bits per heavy atom. The number of hydrogen-bond acceptors (Lipinski definition) is 5. The third-order valence-corrected chi connectivity index (χ3v) is 6.52. The van der Waals surface area contributed by atoms with Crippen LogP contribution >= 0.6 is 0 Å². The molecule has 31 heavy (non-hydrogen) atoms. The smallest absolute Gasteiger partial charge is 0.246 e. The Hall–Kier alpha value is -2.83. The third-order valence-electron chi connectivity index (χ3n) is 6.52. The summed E-state index contributed by atoms with van der Waals surface area (Å²) in [6.07, 6.45) is 4.90. The highest BCUT2D eigenvalue weighted by Crippen LogP contribution is 2.37. The maximum atomic E-state index is 11.6. The first-order valence-electron chi connectivity index (χ1n) is 11.1. The largest absolute Gasteiger partial charge is 0.506 e. The molecule has 1 unspecified atom stereocenters. The molecule has 1 heterocycles. The molecule has 0 bridgehead atoms. The third kappa shape index (κ3) is 4.18. The Balaban J connectivity index is 1.48. The second kappa shape index (κ2) is 8.73. The molecule has 6 heteroatoms. The highest BCUT2D eigenvalue weighted by atomic mass is 16.3. The maximum Gasteiger partial charge on any atom is 0.246 e. The van der Waals surface area contributed by atoms with E-state index in [-0.39, 0.29) is 18.3 Å². The number of fused-ring (bicyclic) bond motifs is 2. The first-order valence-corrected chi connectivity index (χ1v) is 11.1. The van der Waals surface area contributed by atoms with E-state index < -0.39 is 12.0 Å². The van der Waals surface area contributed by atoms with Crippen LogP contribution in [-0.4, -0.2) is 35.3 Å². The van der Waals surface area contributed by atoms with Crippen molar-refractivity contribution in [3.63, 3.8) is 0 Å². The summed E-state index contributed by atoms with van der Waals surface area (Å²) >= 11 is 0. The molecule has 0 radical (unpaired) electrons. The number of rotatable bonds is 7. The Bertz CT molecular complexity index is 1010. The second-order valence-corrected chi connectivity index (χ2v) is 8.48. The van der Waals surface area contributed by atoms with Gasteiger partial charge in [-0.2, -0.15) is 0 Å². The van der Waals surface area contributed by atoms with Crippen LogP contribution in [0.3, 0.4) is 0 Å². The molecule has 0 aromatic heterocycles. The molecular weight excluding hydrogens is 390 g/mol. The van der Waals surface area contributed by atoms with Gasteiger partial charge in [-0.1, -0.05) is 32.0 Å². The summed E-state index contributed by atoms with van der Waals surface area (Å²) in [5, 5.41) is 27.6. The monoisotopic (exact) mass is 421 g/mol. The zero-order chi connectivity index (χ0) is 22.1. The van der Waals surface area contributed by atoms with E-state index in [1.165, 1.54) is 22.3 Å². The minimum absolute atomic E-state index is 0.0865. The van der Waals surface area contributed by atoms with Gasteiger partial charge in [-0.15, -0.1) is 0 Å². The Morgan fingerprint density at radius 1 is 1.19 bits per heavy atom. The molecule has 0 spiro atoms. The number of aliphatic hydroxyl groups excluding tert-OH is 1. The average Bonchev–Trinajstić information content (AvgIpc) is 3.18. The number of carbonyl (C=O) groups is 1. The lowest BCUT2D eigenvalue weighted by molar-refractivity contribution is -0.114. The molecule has 6 N–H and O–H groups in total. The van der Waals surface area contributed by atoms with Gasteiger partial charge in [0.25, 0.3) is 0 Å². The minimum Gasteiger partial charge on any atom is -0.506 e. The van der Waals surface area contributed by atoms with Crippen LogP contribution in [0.1, 0.15) is 53.3 Å². The van der Waals surface area contributed by atoms with E-state index in [0.717, 1.165) is 25.7 Å². The molecule has 1 aliphatic heterocycles. The van der Waals surface area contributed by atoms with Crippen LogP contribution in [0.4, 0.5) is 5.69 Å². The van der Waals surface area contributed by atoms with Gasteiger partial charge in [-0.3, -0.25) is 4.79 Å². The first-order chi connectivity index (χ1) is 14.9. The van der Waals surface area contributed by atoms with Crippen LogP contribution < -0.4 is 16.4 Å². The van der Waals surface area contributed by atoms with Gasteiger partial charge >= 0.3 is 0 Å². The normalized spacial score (nSPS) is 16.3. The number of aliphatic hydroxyl groups is 1. The van der Waals surface area contributed by atoms with E-state index in [4.69, 9.17) is 5.73 Å². The molecule has 6 nitrogen and oxygen atoms in total. The van der Waals surface area contributed by atoms with Gasteiger partial charge in [0.2, 0.25) is 5.91 Å². The SMILES string of the molecule is CCc1cc2c(cc1CC)CC(NCC(O)c1ccc(O)c3c1C=C(C(N)=O)CN3)C2. The number of aryl methyl sites for hydroxylation is 2. The molecule has 1 atom stereocenters. The lowest BCUT2D eigenvalue weighted by atomic mass is 9.94. The topological polar surface area (TPSA) is 108 Å². The fraction of sp³-hybridized carbons (Fsp3) is 0.400. The summed E-state index contributed by atoms with van der Waals surface area (Å²) in [4.78, 5) is 11.6. The van der Waals surface area contributed by atoms with Crippen molar-refractivity contribution >= 4 is 17.7 Å². The number of nitrogens with two attached hydrogens (primary N) is 1. The lowest BCUT2D eigenvalue weighted by Gasteiger charge is -2.24. The average molecular weight is 422 g/mol. The number of carbonyl (C=O) groups excluding carboxylic acids is 1. The molecule has 2 aromatic carbocycles. The summed E-state index contributed by atoms with van der Waals surface area (Å²) in [5.41, 5.74) is 13.3. The number of anilines is 1. The van der Waals surface area contributed by atoms with Crippen molar-refractivity contribution in [1.29, 1.82) is 0 Å². The first kappa shape index (κ1) is 21.4. The minimum atomic E-state index is -0.777. The fourth-order valence-corrected chi connectivity index (χ4v) is 4.79. The van der Waals surface area contributed by atoms with Crippen molar-refractivity contribution in [2.24, 2.45) is 5.73 Å². The Morgan fingerprint density at radius 2 is 1.84 bits per heavy atom. The molecule has 164 valence electrons. The predicted octanol–water partition coefficient (Wildman–Crippen LogP) is 2.60. The van der Waals surface area contributed by atoms with Crippen molar-refractivity contribution in [1.82, 2.24) is 5.32 Å². The van der Waals surface area contributed by atoms with Crippen LogP contribution in [-0.2, 0) is 30.5 Å². The molecule has 1 aliphatic carbocycles. The highest BCUT2D eigenvalue weighted by molar-refractivity contribution is 6.00. The van der Waals surface area contributed by atoms with Crippen molar-refractivity contribution in [3.05, 3.63) is 63.2 Å². The summed E-state index contributed by atoms with van der Waals surface area (Å²) in [6, 6.07) is 8.25. The number of amides is 1. The summed E-state index contributed by atoms with van der Waals surface area (Å²) in [5.74, 6) is -0.426. The number of primary amides is 1. The van der Waals surface area contributed by atoms with Crippen LogP contribution in [0, 0.1) is 0 Å². The molecule has 0 saturated heterocycles. The number of aromatic hydroxyl groups is 1. The quantitative estimate of drug-likeness (QED) is 0.442. The Kier molecular flexibility index (Phi) is 6.03. The summed E-state index contributed by atoms with van der Waals surface area (Å²) in [6.45, 7) is 5.05. The zero-order valence-corrected chi connectivity index (χ0v) is 18.2. The summed E-state index contributed by atoms with van der Waals surface area (Å²) in [7, 11) is 0. The number of phenols is 1. The van der Waals surface area contributed by atoms with E-state index in [9.17, 15) is 15.0 Å². The number of nitrogens with one attached hydrogen (secondary N) is 2. The van der Waals surface area contributed by atoms with Crippen LogP contribution in [0.15, 0.2) is 29.8 Å². The van der Waals surface area contributed by atoms with Crippen molar-refractivity contribution in [2.75, 3.05) is 18.4 Å². The van der Waals surface area contributed by atoms with Gasteiger partial charge in [0, 0.05) is 30.3 Å². The molecule has 1 amide bonds. The number of hydrogen-bond donors (Lipinski definition) is 5. The van der Waals surface area contributed by atoms with E-state index in [1.807, 2.05) is 0 Å². The molecular formula is C25H31N3O3. The van der Waals surface area contributed by atoms with Gasteiger partial charge in [-0.25, -0.2) is 0 Å². The van der Waals surface area contributed by atoms with Crippen LogP contribution in [0.25, 0.3) is 6.08 Å². The zero-order valence-electron chi connectivity index (χ0n) is 18.2. The molecule has 0 saturated carbocycles. The van der Waals surface area contributed by atoms with Crippen molar-refractivity contribution in [2.45, 2.75) is 51.7 Å². The second-order valence-electron chi connectivity index (χ2n) is 8.48. The summed E-state index contributed by atoms with van der Waals surface area (Å²) < 4.78 is 0. The van der Waals surface area contributed by atoms with Crippen LogP contribution in [0.2, 0.25) is 0 Å². The van der Waals surface area contributed by atoms with E-state index in [0.29, 0.717) is 28.9 Å². The number of phenolic OH excluding ortho intramolecular Hbond substituents is 1. The van der Waals surface area contributed by atoms with Crippen molar-refractivity contribution < 1.29 is 15.0 Å². The van der Waals surface area contributed by atoms with E-state index in [2.05, 4.69) is 36.6 Å². The molecule has 2 aromatic rings. The van der Waals surface area contributed by atoms with Gasteiger partial charge in [0.05, 0.1) is 11.8 Å². The molecule has 0 fully saturated rings. The van der Waals surface area contributed by atoms with E-state index >= 15 is 0 Å². The molecule has 2 aliphatic rings. The lowest BCUT2D eigenvalue weighted by Crippen LogP contribution is -2.33. The van der Waals surface area contributed by atoms with Gasteiger partial charge < -0.3 is 26.6 Å². The maximum absolute atomic E-state index is 11.6. The standard InChI is InChI=1S/C25H31N3O3/c1-3-14-7-16-9-19(10-17(16)8-15(14)4-2)27-13-23(30)20-5-6-22(29)24-21(20)11-18(12-28-24)25(26)31/h5-8,11,19,23,27-30H,3-4,9-10,12-13H2,1-2H3,(H2,26,31). The van der Waals surface area contributed by atoms with Gasteiger partial charge in [0.1, 0.15) is 5.75 Å². The Labute approximate surface area is 183 Å². The predicted molar refractivity (Wildman–Crippen MR) is 123 cm³/mol. The van der Waals surface area contributed by atoms with E-state index in [1.54, 1.807) is 18.2 Å². The van der Waals surface area contributed by atoms with Gasteiger partial charge in [0.15, 0.2) is 0 Å². The van der Waals surface area contributed by atoms with Crippen molar-refractivity contribution in [3.8, 4) is 5.75 Å². The fourth-order valence-electron chi connectivity index (χ4n) is 4.79. The highest BCUT2D eigenvalue weighted by Gasteiger charge is 2.25. The van der Waals surface area contributed by atoms with Crippen LogP contribution in [0.5, 0.6) is 5.75 Å².